The van der Waals surface area contributed by atoms with Gasteiger partial charge in [0.25, 0.3) is 10.0 Å². The smallest absolute Gasteiger partial charge is 0.264 e. The fourth-order valence-corrected chi connectivity index (χ4v) is 6.03. The molecule has 8 nitrogen and oxygen atoms in total. The van der Waals surface area contributed by atoms with Gasteiger partial charge in [-0.25, -0.2) is 8.42 Å². The van der Waals surface area contributed by atoms with Crippen molar-refractivity contribution in [3.8, 4) is 5.75 Å². The van der Waals surface area contributed by atoms with Crippen LogP contribution in [-0.4, -0.2) is 50.9 Å². The largest absolute Gasteiger partial charge is 0.494 e. The van der Waals surface area contributed by atoms with Crippen molar-refractivity contribution >= 4 is 50.7 Å². The Labute approximate surface area is 258 Å². The third kappa shape index (κ3) is 8.63. The lowest BCUT2D eigenvalue weighted by Crippen LogP contribution is -2.52. The Morgan fingerprint density at radius 1 is 0.929 bits per heavy atom. The second-order valence-electron chi connectivity index (χ2n) is 10.1. The van der Waals surface area contributed by atoms with Gasteiger partial charge < -0.3 is 15.0 Å². The minimum atomic E-state index is -4.22. The van der Waals surface area contributed by atoms with E-state index in [1.807, 2.05) is 20.8 Å². The van der Waals surface area contributed by atoms with Crippen LogP contribution in [0.3, 0.4) is 0 Å². The van der Waals surface area contributed by atoms with E-state index in [1.165, 1.54) is 29.2 Å². The molecule has 0 radical (unpaired) electrons. The molecule has 1 N–H and O–H groups in total. The Kier molecular flexibility index (Phi) is 12.1. The fraction of sp³-hybridized carbons (Fsp3) is 0.355. The first-order chi connectivity index (χ1) is 20.0. The number of nitrogens with zero attached hydrogens (tertiary/aromatic N) is 2. The minimum absolute atomic E-state index is 0.0181. The summed E-state index contributed by atoms with van der Waals surface area (Å²) in [6.07, 6.45) is 0.313. The fourth-order valence-electron chi connectivity index (χ4n) is 4.29. The topological polar surface area (TPSA) is 96.0 Å². The van der Waals surface area contributed by atoms with Gasteiger partial charge in [-0.2, -0.15) is 0 Å². The highest BCUT2D eigenvalue weighted by Gasteiger charge is 2.34. The van der Waals surface area contributed by atoms with Crippen LogP contribution in [0, 0.1) is 5.92 Å². The summed E-state index contributed by atoms with van der Waals surface area (Å²) < 4.78 is 34.5. The molecule has 11 heteroatoms. The summed E-state index contributed by atoms with van der Waals surface area (Å²) in [7, 11) is -4.22. The number of ether oxygens (including phenoxy) is 1. The monoisotopic (exact) mass is 633 g/mol. The number of anilines is 1. The molecule has 1 unspecified atom stereocenters. The molecular weight excluding hydrogens is 597 g/mol. The number of nitrogens with one attached hydrogen (secondary N) is 1. The molecular formula is C31H37Cl2N3O5S. The number of rotatable bonds is 14. The molecule has 2 amide bonds. The SMILES string of the molecule is CCOc1ccc(N(CC(=O)N(Cc2ccccc2Cl)C(CC)C(=O)NCC(C)C)S(=O)(=O)c2ccc(Cl)cc2)cc1. The van der Waals surface area contributed by atoms with E-state index in [2.05, 4.69) is 5.32 Å². The number of hydrogen-bond acceptors (Lipinski definition) is 5. The molecule has 0 aliphatic carbocycles. The van der Waals surface area contributed by atoms with Crippen LogP contribution < -0.4 is 14.4 Å². The maximum absolute atomic E-state index is 14.1. The molecule has 0 bridgehead atoms. The standard InChI is InChI=1S/C31H37Cl2N3O5S/c1-5-29(31(38)34-19-22(3)4)35(20-23-9-7-8-10-28(23)33)30(37)21-36(25-13-15-26(16-14-25)41-6-2)42(39,40)27-17-11-24(32)12-18-27/h7-18,22,29H,5-6,19-21H2,1-4H3,(H,34,38). The van der Waals surface area contributed by atoms with Crippen molar-refractivity contribution in [2.45, 2.75) is 51.6 Å². The van der Waals surface area contributed by atoms with Crippen molar-refractivity contribution in [1.29, 1.82) is 0 Å². The molecule has 226 valence electrons. The lowest BCUT2D eigenvalue weighted by Gasteiger charge is -2.33. The first-order valence-electron chi connectivity index (χ1n) is 13.8. The van der Waals surface area contributed by atoms with E-state index >= 15 is 0 Å². The molecule has 3 aromatic carbocycles. The van der Waals surface area contributed by atoms with Crippen molar-refractivity contribution in [2.75, 3.05) is 24.0 Å². The molecule has 0 fully saturated rings. The average Bonchev–Trinajstić information content (AvgIpc) is 2.96. The summed E-state index contributed by atoms with van der Waals surface area (Å²) in [6, 6.07) is 18.4. The van der Waals surface area contributed by atoms with Gasteiger partial charge in [0.15, 0.2) is 0 Å². The highest BCUT2D eigenvalue weighted by molar-refractivity contribution is 7.92. The summed E-state index contributed by atoms with van der Waals surface area (Å²) in [5.41, 5.74) is 0.896. The van der Waals surface area contributed by atoms with E-state index in [4.69, 9.17) is 27.9 Å². The highest BCUT2D eigenvalue weighted by Crippen LogP contribution is 2.28. The molecule has 0 aliphatic rings. The average molecular weight is 635 g/mol. The summed E-state index contributed by atoms with van der Waals surface area (Å²) in [6.45, 7) is 7.95. The summed E-state index contributed by atoms with van der Waals surface area (Å²) >= 11 is 12.5. The number of benzene rings is 3. The number of carbonyl (C=O) groups excluding carboxylic acids is 2. The predicted octanol–water partition coefficient (Wildman–Crippen LogP) is 6.17. The van der Waals surface area contributed by atoms with Gasteiger partial charge >= 0.3 is 0 Å². The third-order valence-electron chi connectivity index (χ3n) is 6.49. The van der Waals surface area contributed by atoms with Crippen molar-refractivity contribution in [3.63, 3.8) is 0 Å². The molecule has 1 atom stereocenters. The normalized spacial score (nSPS) is 12.1. The summed E-state index contributed by atoms with van der Waals surface area (Å²) in [5.74, 6) is -0.115. The molecule has 0 saturated heterocycles. The zero-order valence-corrected chi connectivity index (χ0v) is 26.5. The first kappa shape index (κ1) is 33.2. The maximum Gasteiger partial charge on any atom is 0.264 e. The van der Waals surface area contributed by atoms with Crippen molar-refractivity contribution in [1.82, 2.24) is 10.2 Å². The van der Waals surface area contributed by atoms with E-state index in [9.17, 15) is 18.0 Å². The number of amides is 2. The molecule has 3 rings (SSSR count). The third-order valence-corrected chi connectivity index (χ3v) is 8.89. The summed E-state index contributed by atoms with van der Waals surface area (Å²) in [5, 5.41) is 3.72. The molecule has 0 saturated carbocycles. The second-order valence-corrected chi connectivity index (χ2v) is 12.8. The quantitative estimate of drug-likeness (QED) is 0.229. The lowest BCUT2D eigenvalue weighted by molar-refractivity contribution is -0.140. The van der Waals surface area contributed by atoms with Gasteiger partial charge in [0.1, 0.15) is 18.3 Å². The van der Waals surface area contributed by atoms with Crippen LogP contribution in [0.5, 0.6) is 5.75 Å². The Morgan fingerprint density at radius 2 is 1.57 bits per heavy atom. The van der Waals surface area contributed by atoms with Gasteiger partial charge in [0, 0.05) is 23.1 Å². The molecule has 0 heterocycles. The van der Waals surface area contributed by atoms with E-state index in [0.717, 1.165) is 4.31 Å². The Hall–Kier alpha value is -3.27. The van der Waals surface area contributed by atoms with Crippen molar-refractivity contribution in [3.05, 3.63) is 88.4 Å². The van der Waals surface area contributed by atoms with Gasteiger partial charge in [-0.15, -0.1) is 0 Å². The van der Waals surface area contributed by atoms with E-state index in [0.29, 0.717) is 40.9 Å². The molecule has 0 aliphatic heterocycles. The molecule has 0 spiro atoms. The molecule has 3 aromatic rings. The molecule has 0 aromatic heterocycles. The van der Waals surface area contributed by atoms with Crippen LogP contribution in [0.2, 0.25) is 10.0 Å². The van der Waals surface area contributed by atoms with Crippen molar-refractivity contribution in [2.24, 2.45) is 5.92 Å². The highest BCUT2D eigenvalue weighted by atomic mass is 35.5. The van der Waals surface area contributed by atoms with Crippen LogP contribution in [0.15, 0.2) is 77.7 Å². The lowest BCUT2D eigenvalue weighted by atomic mass is 10.1. The number of hydrogen-bond donors (Lipinski definition) is 1. The van der Waals surface area contributed by atoms with Crippen LogP contribution in [-0.2, 0) is 26.2 Å². The Balaban J connectivity index is 2.06. The number of halogens is 2. The first-order valence-corrected chi connectivity index (χ1v) is 16.0. The van der Waals surface area contributed by atoms with Gasteiger partial charge in [-0.05, 0) is 79.4 Å². The summed E-state index contributed by atoms with van der Waals surface area (Å²) in [4.78, 5) is 28.8. The number of sulfonamides is 1. The Bertz CT molecular complexity index is 1450. The Morgan fingerprint density at radius 3 is 2.14 bits per heavy atom. The van der Waals surface area contributed by atoms with Gasteiger partial charge in [0.2, 0.25) is 11.8 Å². The number of carbonyl (C=O) groups is 2. The van der Waals surface area contributed by atoms with Gasteiger partial charge in [-0.3, -0.25) is 13.9 Å². The zero-order valence-electron chi connectivity index (χ0n) is 24.2. The van der Waals surface area contributed by atoms with Crippen LogP contribution in [0.4, 0.5) is 5.69 Å². The van der Waals surface area contributed by atoms with Crippen LogP contribution in [0.1, 0.15) is 39.7 Å². The van der Waals surface area contributed by atoms with Gasteiger partial charge in [0.05, 0.1) is 17.2 Å². The van der Waals surface area contributed by atoms with E-state index < -0.39 is 28.5 Å². The van der Waals surface area contributed by atoms with Gasteiger partial charge in [-0.1, -0.05) is 62.2 Å². The van der Waals surface area contributed by atoms with Crippen molar-refractivity contribution < 1.29 is 22.7 Å². The zero-order chi connectivity index (χ0) is 30.9. The van der Waals surface area contributed by atoms with E-state index in [1.54, 1.807) is 55.5 Å². The predicted molar refractivity (Wildman–Crippen MR) is 168 cm³/mol. The minimum Gasteiger partial charge on any atom is -0.494 e. The van der Waals surface area contributed by atoms with Crippen LogP contribution in [0.25, 0.3) is 0 Å². The second kappa shape index (κ2) is 15.3. The molecule has 42 heavy (non-hydrogen) atoms. The maximum atomic E-state index is 14.1. The van der Waals surface area contributed by atoms with E-state index in [-0.39, 0.29) is 29.0 Å². The van der Waals surface area contributed by atoms with Crippen LogP contribution >= 0.6 is 23.2 Å².